The molecule has 1 aliphatic heterocycles. The normalized spacial score (nSPS) is 15.1. The first kappa shape index (κ1) is 9.54. The number of hydrogen-bond acceptors (Lipinski definition) is 2. The predicted molar refractivity (Wildman–Crippen MR) is 57.9 cm³/mol. The Labute approximate surface area is 90.9 Å². The van der Waals surface area contributed by atoms with Gasteiger partial charge in [0.15, 0.2) is 5.43 Å². The number of rotatable bonds is 0. The van der Waals surface area contributed by atoms with Gasteiger partial charge in [-0.1, -0.05) is 0 Å². The first-order chi connectivity index (χ1) is 7.75. The van der Waals surface area contributed by atoms with Crippen LogP contribution in [-0.2, 0) is 17.8 Å². The van der Waals surface area contributed by atoms with Gasteiger partial charge in [0.2, 0.25) is 0 Å². The summed E-state index contributed by atoms with van der Waals surface area (Å²) in [6.45, 7) is 0.946. The lowest BCUT2D eigenvalue weighted by molar-refractivity contribution is 0.109. The summed E-state index contributed by atoms with van der Waals surface area (Å²) in [6.07, 6.45) is 0.678. The van der Waals surface area contributed by atoms with E-state index in [4.69, 9.17) is 4.74 Å². The molecule has 0 unspecified atom stereocenters. The Balaban J connectivity index is 2.39. The van der Waals surface area contributed by atoms with Gasteiger partial charge in [0.05, 0.1) is 18.7 Å². The van der Waals surface area contributed by atoms with Crippen LogP contribution in [0.15, 0.2) is 23.0 Å². The van der Waals surface area contributed by atoms with E-state index in [9.17, 15) is 9.18 Å². The average molecular weight is 219 g/mol. The van der Waals surface area contributed by atoms with E-state index < -0.39 is 0 Å². The highest BCUT2D eigenvalue weighted by Crippen LogP contribution is 2.17. The largest absolute Gasteiger partial charge is 0.376 e. The monoisotopic (exact) mass is 219 g/mol. The van der Waals surface area contributed by atoms with E-state index in [0.717, 1.165) is 5.69 Å². The molecule has 0 fully saturated rings. The zero-order valence-corrected chi connectivity index (χ0v) is 8.55. The van der Waals surface area contributed by atoms with Crippen LogP contribution in [0.5, 0.6) is 0 Å². The average Bonchev–Trinajstić information content (AvgIpc) is 2.29. The Hall–Kier alpha value is -1.68. The molecule has 82 valence electrons. The number of pyridine rings is 1. The molecule has 4 heteroatoms. The SMILES string of the molecule is O=c1c2c([nH]c3cc(F)ccc13)CCOC2. The molecule has 1 N–H and O–H groups in total. The summed E-state index contributed by atoms with van der Waals surface area (Å²) in [5, 5.41) is 0.519. The van der Waals surface area contributed by atoms with Gasteiger partial charge in [-0.3, -0.25) is 4.79 Å². The van der Waals surface area contributed by atoms with Crippen LogP contribution in [0.4, 0.5) is 4.39 Å². The van der Waals surface area contributed by atoms with Crippen molar-refractivity contribution in [2.75, 3.05) is 6.61 Å². The lowest BCUT2D eigenvalue weighted by atomic mass is 10.1. The van der Waals surface area contributed by atoms with Crippen molar-refractivity contribution < 1.29 is 9.13 Å². The number of H-pyrrole nitrogens is 1. The maximum Gasteiger partial charge on any atom is 0.195 e. The summed E-state index contributed by atoms with van der Waals surface area (Å²) in [5.41, 5.74) is 2.05. The maximum absolute atomic E-state index is 13.1. The highest BCUT2D eigenvalue weighted by Gasteiger charge is 2.15. The third-order valence-electron chi connectivity index (χ3n) is 2.89. The lowest BCUT2D eigenvalue weighted by Crippen LogP contribution is -2.21. The Morgan fingerprint density at radius 3 is 3.12 bits per heavy atom. The molecule has 2 heterocycles. The molecule has 0 bridgehead atoms. The van der Waals surface area contributed by atoms with Crippen LogP contribution in [0, 0.1) is 5.82 Å². The fourth-order valence-corrected chi connectivity index (χ4v) is 2.07. The van der Waals surface area contributed by atoms with Gasteiger partial charge in [-0.05, 0) is 18.2 Å². The summed E-state index contributed by atoms with van der Waals surface area (Å²) < 4.78 is 18.3. The van der Waals surface area contributed by atoms with E-state index in [-0.39, 0.29) is 11.2 Å². The van der Waals surface area contributed by atoms with E-state index in [1.54, 1.807) is 0 Å². The molecular weight excluding hydrogens is 209 g/mol. The van der Waals surface area contributed by atoms with Crippen LogP contribution in [0.2, 0.25) is 0 Å². The maximum atomic E-state index is 13.1. The zero-order valence-electron chi connectivity index (χ0n) is 8.55. The Kier molecular flexibility index (Phi) is 2.04. The molecule has 3 nitrogen and oxygen atoms in total. The molecule has 0 atom stereocenters. The first-order valence-electron chi connectivity index (χ1n) is 5.17. The van der Waals surface area contributed by atoms with Gasteiger partial charge < -0.3 is 9.72 Å². The van der Waals surface area contributed by atoms with Gasteiger partial charge in [0.25, 0.3) is 0 Å². The number of benzene rings is 1. The van der Waals surface area contributed by atoms with Gasteiger partial charge >= 0.3 is 0 Å². The smallest absolute Gasteiger partial charge is 0.195 e. The van der Waals surface area contributed by atoms with Gasteiger partial charge in [-0.2, -0.15) is 0 Å². The number of halogens is 1. The molecule has 1 aliphatic rings. The van der Waals surface area contributed by atoms with Gasteiger partial charge in [0, 0.05) is 23.1 Å². The van der Waals surface area contributed by atoms with E-state index in [0.29, 0.717) is 36.1 Å². The molecular formula is C12H10FNO2. The molecule has 0 spiro atoms. The van der Waals surface area contributed by atoms with Crippen molar-refractivity contribution in [3.05, 3.63) is 45.5 Å². The van der Waals surface area contributed by atoms with Crippen molar-refractivity contribution in [3.63, 3.8) is 0 Å². The minimum absolute atomic E-state index is 0.0524. The Morgan fingerprint density at radius 1 is 1.38 bits per heavy atom. The molecule has 3 rings (SSSR count). The molecule has 1 aromatic carbocycles. The Morgan fingerprint density at radius 2 is 2.25 bits per heavy atom. The lowest BCUT2D eigenvalue weighted by Gasteiger charge is -2.16. The van der Waals surface area contributed by atoms with Crippen molar-refractivity contribution in [1.82, 2.24) is 4.98 Å². The summed E-state index contributed by atoms with van der Waals surface area (Å²) in [6, 6.07) is 4.17. The predicted octanol–water partition coefficient (Wildman–Crippen LogP) is 1.74. The van der Waals surface area contributed by atoms with Gasteiger partial charge in [0.1, 0.15) is 5.82 Å². The molecule has 0 saturated carbocycles. The number of ether oxygens (including phenoxy) is 1. The third kappa shape index (κ3) is 1.34. The van der Waals surface area contributed by atoms with Gasteiger partial charge in [-0.25, -0.2) is 4.39 Å². The van der Waals surface area contributed by atoms with E-state index >= 15 is 0 Å². The van der Waals surface area contributed by atoms with E-state index in [2.05, 4.69) is 4.98 Å². The number of aromatic nitrogens is 1. The molecule has 1 aromatic heterocycles. The van der Waals surface area contributed by atoms with Crippen molar-refractivity contribution in [2.45, 2.75) is 13.0 Å². The molecule has 0 amide bonds. The quantitative estimate of drug-likeness (QED) is 0.733. The van der Waals surface area contributed by atoms with Gasteiger partial charge in [-0.15, -0.1) is 0 Å². The highest BCUT2D eigenvalue weighted by atomic mass is 19.1. The standard InChI is InChI=1S/C12H10FNO2/c13-7-1-2-8-11(5-7)14-10-3-4-16-6-9(10)12(8)15/h1-2,5H,3-4,6H2,(H,14,15). The van der Waals surface area contributed by atoms with E-state index in [1.807, 2.05) is 0 Å². The number of fused-ring (bicyclic) bond motifs is 2. The first-order valence-corrected chi connectivity index (χ1v) is 5.17. The van der Waals surface area contributed by atoms with Crippen LogP contribution >= 0.6 is 0 Å². The molecule has 0 radical (unpaired) electrons. The molecule has 0 saturated heterocycles. The number of hydrogen-bond donors (Lipinski definition) is 1. The second-order valence-electron chi connectivity index (χ2n) is 3.90. The second kappa shape index (κ2) is 3.42. The third-order valence-corrected chi connectivity index (χ3v) is 2.89. The summed E-state index contributed by atoms with van der Waals surface area (Å²) >= 11 is 0. The fraction of sp³-hybridized carbons (Fsp3) is 0.250. The minimum atomic E-state index is -0.338. The molecule has 0 aliphatic carbocycles. The summed E-state index contributed by atoms with van der Waals surface area (Å²) in [7, 11) is 0. The fourth-order valence-electron chi connectivity index (χ4n) is 2.07. The number of aromatic amines is 1. The van der Waals surface area contributed by atoms with Crippen LogP contribution in [-0.4, -0.2) is 11.6 Å². The second-order valence-corrected chi connectivity index (χ2v) is 3.90. The number of nitrogens with one attached hydrogen (secondary N) is 1. The summed E-state index contributed by atoms with van der Waals surface area (Å²) in [5.74, 6) is -0.338. The van der Waals surface area contributed by atoms with E-state index in [1.165, 1.54) is 18.2 Å². The van der Waals surface area contributed by atoms with Crippen molar-refractivity contribution in [1.29, 1.82) is 0 Å². The molecule has 16 heavy (non-hydrogen) atoms. The van der Waals surface area contributed by atoms with Crippen molar-refractivity contribution in [3.8, 4) is 0 Å². The van der Waals surface area contributed by atoms with Crippen LogP contribution in [0.1, 0.15) is 11.3 Å². The van der Waals surface area contributed by atoms with Crippen molar-refractivity contribution >= 4 is 10.9 Å². The van der Waals surface area contributed by atoms with Crippen molar-refractivity contribution in [2.24, 2.45) is 0 Å². The summed E-state index contributed by atoms with van der Waals surface area (Å²) in [4.78, 5) is 15.2. The van der Waals surface area contributed by atoms with Crippen LogP contribution in [0.25, 0.3) is 10.9 Å². The van der Waals surface area contributed by atoms with Crippen LogP contribution in [0.3, 0.4) is 0 Å². The van der Waals surface area contributed by atoms with Crippen LogP contribution < -0.4 is 5.43 Å². The zero-order chi connectivity index (χ0) is 11.1. The Bertz CT molecular complexity index is 618. The topological polar surface area (TPSA) is 42.1 Å². The minimum Gasteiger partial charge on any atom is -0.376 e. The highest BCUT2D eigenvalue weighted by molar-refractivity contribution is 5.79. The molecule has 2 aromatic rings.